The van der Waals surface area contributed by atoms with E-state index in [9.17, 15) is 9.90 Å². The van der Waals surface area contributed by atoms with Gasteiger partial charge in [-0.3, -0.25) is 9.79 Å². The molecule has 0 fully saturated rings. The van der Waals surface area contributed by atoms with E-state index < -0.39 is 6.10 Å². The number of aliphatic hydroxyl groups is 1. The fourth-order valence-corrected chi connectivity index (χ4v) is 4.08. The minimum absolute atomic E-state index is 0.0329. The molecule has 154 valence electrons. The van der Waals surface area contributed by atoms with Gasteiger partial charge in [0.05, 0.1) is 6.54 Å². The monoisotopic (exact) mass is 412 g/mol. The van der Waals surface area contributed by atoms with Crippen LogP contribution in [0.25, 0.3) is 10.1 Å². The topological polar surface area (TPSA) is 78.7 Å². The zero-order chi connectivity index (χ0) is 20.5. The summed E-state index contributed by atoms with van der Waals surface area (Å²) in [7, 11) is 0. The van der Waals surface area contributed by atoms with Gasteiger partial charge in [0.2, 0.25) is 5.56 Å². The van der Waals surface area contributed by atoms with Gasteiger partial charge in [-0.05, 0) is 43.4 Å². The number of hydrogen-bond acceptors (Lipinski definition) is 4. The summed E-state index contributed by atoms with van der Waals surface area (Å²) in [6.45, 7) is 4.54. The summed E-state index contributed by atoms with van der Waals surface area (Å²) in [4.78, 5) is 17.2. The number of unbranched alkanes of at least 4 members (excludes halogenated alkanes) is 1. The third-order valence-corrected chi connectivity index (χ3v) is 5.77. The van der Waals surface area contributed by atoms with Crippen LogP contribution in [0.1, 0.15) is 30.7 Å². The van der Waals surface area contributed by atoms with E-state index in [0.717, 1.165) is 36.2 Å². The Bertz CT molecular complexity index is 962. The van der Waals surface area contributed by atoms with E-state index in [0.29, 0.717) is 19.0 Å². The highest BCUT2D eigenvalue weighted by Gasteiger charge is 2.11. The van der Waals surface area contributed by atoms with Gasteiger partial charge in [-0.25, -0.2) is 0 Å². The number of benzene rings is 1. The fourth-order valence-electron chi connectivity index (χ4n) is 3.04. The van der Waals surface area contributed by atoms with Crippen molar-refractivity contribution in [2.24, 2.45) is 4.99 Å². The van der Waals surface area contributed by atoms with E-state index in [1.807, 2.05) is 37.4 Å². The van der Waals surface area contributed by atoms with Crippen LogP contribution in [-0.2, 0) is 6.54 Å². The molecule has 0 aliphatic carbocycles. The Hall–Kier alpha value is -2.64. The maximum absolute atomic E-state index is 11.7. The summed E-state index contributed by atoms with van der Waals surface area (Å²) in [5.41, 5.74) is 0.0329. The molecule has 2 heterocycles. The summed E-state index contributed by atoms with van der Waals surface area (Å²) in [6.07, 6.45) is 3.02. The van der Waals surface area contributed by atoms with Crippen molar-refractivity contribution in [3.8, 4) is 0 Å². The number of aryl methyl sites for hydroxylation is 1. The van der Waals surface area contributed by atoms with Crippen molar-refractivity contribution in [3.05, 3.63) is 70.0 Å². The molecule has 3 rings (SSSR count). The molecular weight excluding hydrogens is 384 g/mol. The van der Waals surface area contributed by atoms with Crippen LogP contribution in [-0.4, -0.2) is 35.3 Å². The molecule has 1 atom stereocenters. The smallest absolute Gasteiger partial charge is 0.250 e. The summed E-state index contributed by atoms with van der Waals surface area (Å²) in [5.74, 6) is 0.699. The van der Waals surface area contributed by atoms with Crippen LogP contribution >= 0.6 is 11.3 Å². The molecule has 3 aromatic rings. The number of guanidine groups is 1. The van der Waals surface area contributed by atoms with Crippen LogP contribution < -0.4 is 16.2 Å². The molecule has 0 bridgehead atoms. The Morgan fingerprint density at radius 1 is 1.17 bits per heavy atom. The number of thiophene rings is 1. The summed E-state index contributed by atoms with van der Waals surface area (Å²) in [5, 5.41) is 18.2. The van der Waals surface area contributed by atoms with Gasteiger partial charge >= 0.3 is 0 Å². The van der Waals surface area contributed by atoms with E-state index in [-0.39, 0.29) is 5.56 Å². The summed E-state index contributed by atoms with van der Waals surface area (Å²) < 4.78 is 2.90. The maximum Gasteiger partial charge on any atom is 0.250 e. The molecule has 2 aromatic heterocycles. The molecule has 0 saturated carbocycles. The molecule has 0 amide bonds. The highest BCUT2D eigenvalue weighted by Crippen LogP contribution is 2.29. The predicted octanol–water partition coefficient (Wildman–Crippen LogP) is 3.13. The van der Waals surface area contributed by atoms with Crippen molar-refractivity contribution in [3.63, 3.8) is 0 Å². The minimum atomic E-state index is -0.618. The van der Waals surface area contributed by atoms with Crippen LogP contribution in [0.4, 0.5) is 0 Å². The van der Waals surface area contributed by atoms with Crippen molar-refractivity contribution >= 4 is 27.4 Å². The predicted molar refractivity (Wildman–Crippen MR) is 121 cm³/mol. The van der Waals surface area contributed by atoms with Crippen molar-refractivity contribution in [1.29, 1.82) is 0 Å². The molecule has 0 aliphatic heterocycles. The van der Waals surface area contributed by atoms with E-state index in [4.69, 9.17) is 0 Å². The lowest BCUT2D eigenvalue weighted by molar-refractivity contribution is 0.191. The molecule has 7 heteroatoms. The first kappa shape index (κ1) is 21.1. The molecule has 0 spiro atoms. The highest BCUT2D eigenvalue weighted by atomic mass is 32.1. The molecule has 3 N–H and O–H groups in total. The molecule has 29 heavy (non-hydrogen) atoms. The Morgan fingerprint density at radius 3 is 2.79 bits per heavy atom. The molecular formula is C22H28N4O2S. The third kappa shape index (κ3) is 6.17. The molecule has 1 unspecified atom stereocenters. The Balaban J connectivity index is 1.47. The number of fused-ring (bicyclic) bond motifs is 1. The highest BCUT2D eigenvalue weighted by molar-refractivity contribution is 7.19. The second-order valence-corrected chi connectivity index (χ2v) is 7.90. The van der Waals surface area contributed by atoms with Gasteiger partial charge < -0.3 is 20.3 Å². The number of pyridine rings is 1. The van der Waals surface area contributed by atoms with Gasteiger partial charge in [-0.1, -0.05) is 24.3 Å². The van der Waals surface area contributed by atoms with Crippen molar-refractivity contribution in [2.45, 2.75) is 32.4 Å². The van der Waals surface area contributed by atoms with Gasteiger partial charge in [0, 0.05) is 41.5 Å². The SMILES string of the molecule is CCNC(=NCC(O)c1cc2ccccc2s1)NCCCCn1ccccc1=O. The molecule has 0 saturated heterocycles. The number of nitrogens with zero attached hydrogens (tertiary/aromatic N) is 2. The van der Waals surface area contributed by atoms with Crippen molar-refractivity contribution in [2.75, 3.05) is 19.6 Å². The van der Waals surface area contributed by atoms with Gasteiger partial charge in [0.1, 0.15) is 6.10 Å². The number of aliphatic hydroxyl groups excluding tert-OH is 1. The van der Waals surface area contributed by atoms with E-state index in [2.05, 4.69) is 27.8 Å². The first-order valence-corrected chi connectivity index (χ1v) is 10.8. The number of rotatable bonds is 9. The lowest BCUT2D eigenvalue weighted by Crippen LogP contribution is -2.38. The number of aliphatic imine (C=N–C) groups is 1. The maximum atomic E-state index is 11.7. The van der Waals surface area contributed by atoms with Crippen LogP contribution in [0, 0.1) is 0 Å². The Labute approximate surface area is 174 Å². The number of nitrogens with one attached hydrogen (secondary N) is 2. The van der Waals surface area contributed by atoms with Crippen LogP contribution in [0.15, 0.2) is 64.5 Å². The Morgan fingerprint density at radius 2 is 2.00 bits per heavy atom. The van der Waals surface area contributed by atoms with Crippen molar-refractivity contribution < 1.29 is 5.11 Å². The largest absolute Gasteiger partial charge is 0.386 e. The van der Waals surface area contributed by atoms with Crippen LogP contribution in [0.5, 0.6) is 0 Å². The molecule has 0 radical (unpaired) electrons. The zero-order valence-electron chi connectivity index (χ0n) is 16.7. The average molecular weight is 413 g/mol. The van der Waals surface area contributed by atoms with E-state index in [1.54, 1.807) is 28.0 Å². The van der Waals surface area contributed by atoms with Gasteiger partial charge in [0.15, 0.2) is 5.96 Å². The second-order valence-electron chi connectivity index (χ2n) is 6.79. The minimum Gasteiger partial charge on any atom is -0.386 e. The lowest BCUT2D eigenvalue weighted by atomic mass is 10.2. The standard InChI is InChI=1S/C22H28N4O2S/c1-2-23-22(24-12-6-8-14-26-13-7-5-11-21(26)28)25-16-18(27)20-15-17-9-3-4-10-19(17)29-20/h3-5,7,9-11,13,15,18,27H,2,6,8,12,14,16H2,1H3,(H2,23,24,25). The zero-order valence-corrected chi connectivity index (χ0v) is 17.5. The summed E-state index contributed by atoms with van der Waals surface area (Å²) in [6, 6.07) is 15.4. The van der Waals surface area contributed by atoms with Gasteiger partial charge in [-0.2, -0.15) is 0 Å². The van der Waals surface area contributed by atoms with E-state index in [1.165, 1.54) is 4.70 Å². The van der Waals surface area contributed by atoms with Gasteiger partial charge in [-0.15, -0.1) is 11.3 Å². The number of aromatic nitrogens is 1. The number of hydrogen-bond donors (Lipinski definition) is 3. The normalized spacial score (nSPS) is 12.8. The first-order chi connectivity index (χ1) is 14.2. The molecule has 6 nitrogen and oxygen atoms in total. The first-order valence-electron chi connectivity index (χ1n) is 10.0. The van der Waals surface area contributed by atoms with Crippen LogP contribution in [0.2, 0.25) is 0 Å². The van der Waals surface area contributed by atoms with Gasteiger partial charge in [0.25, 0.3) is 0 Å². The average Bonchev–Trinajstić information content (AvgIpc) is 3.17. The summed E-state index contributed by atoms with van der Waals surface area (Å²) >= 11 is 1.61. The van der Waals surface area contributed by atoms with Crippen molar-refractivity contribution in [1.82, 2.24) is 15.2 Å². The third-order valence-electron chi connectivity index (χ3n) is 4.56. The second kappa shape index (κ2) is 10.8. The molecule has 1 aromatic carbocycles. The Kier molecular flexibility index (Phi) is 7.84. The molecule has 0 aliphatic rings. The quantitative estimate of drug-likeness (QED) is 0.287. The van der Waals surface area contributed by atoms with E-state index >= 15 is 0 Å². The van der Waals surface area contributed by atoms with Crippen LogP contribution in [0.3, 0.4) is 0 Å². The fraction of sp³-hybridized carbons (Fsp3) is 0.364. The lowest BCUT2D eigenvalue weighted by Gasteiger charge is -2.13.